The molecule has 0 aliphatic carbocycles. The second kappa shape index (κ2) is 307. The first-order valence-corrected chi connectivity index (χ1v) is 0. The van der Waals surface area contributed by atoms with E-state index in [0.717, 1.165) is 0 Å². The second-order valence-electron chi connectivity index (χ2n) is 0. The summed E-state index contributed by atoms with van der Waals surface area (Å²) in [6, 6.07) is 0. The minimum Gasteiger partial charge on any atom is 0 e. The van der Waals surface area contributed by atoms with Crippen molar-refractivity contribution >= 4 is 1400 Å². The van der Waals surface area contributed by atoms with Gasteiger partial charge < -0.3 is 0 Å². The Morgan fingerprint density at radius 2 is 0.0909 bits per heavy atom. The fourth-order valence-electron chi connectivity index (χ4n) is 0. The van der Waals surface area contributed by atoms with Gasteiger partial charge in [0.1, 0.15) is 0 Å². The van der Waals surface area contributed by atoms with Crippen LogP contribution in [0.3, 0.4) is 0 Å². The summed E-state index contributed by atoms with van der Waals surface area (Å²) >= 11 is 0. The Bertz CT molecular complexity index is 64.6. The molecule has 0 N–H and O–H groups in total. The predicted molar refractivity (Wildman–Crippen MR) is 184 cm³/mol. The Morgan fingerprint density at radius 1 is 0.0909 bits per heavy atom. The van der Waals surface area contributed by atoms with Crippen LogP contribution in [0.2, 0.25) is 0 Å². The molecule has 0 aromatic heterocycles. The van der Waals surface area contributed by atoms with E-state index < -0.39 is 0 Å². The Morgan fingerprint density at radius 3 is 0.0909 bits per heavy atom. The molecule has 0 atom stereocenters. The first-order valence-electron chi connectivity index (χ1n) is 0. The molecule has 0 amide bonds. The van der Waals surface area contributed by atoms with E-state index in [1.165, 1.54) is 0 Å². The SMILES string of the molecule is [Au+].[Au+].[Au+].[Au+].[Au+].[Au+].[Au+].[Au].[Au].[Au].[Au].[Au].[K].[K].[K].[K].[K].[K].[K].[K].[K].[K].[K].[K].[K].[K].[K].[K].[K].[K].[K].[K].[K].[K].[K].[Sn].[Sn].[Sn].[Sn].[Sn].[Sn].[Sn].[Sn].[Sn]. The van der Waals surface area contributed by atoms with Crippen LogP contribution in [0.5, 0.6) is 0 Å². The molecular formula is Au12K23Sn9+7. The van der Waals surface area contributed by atoms with Gasteiger partial charge in [0, 0.05) is 1510 Å². The summed E-state index contributed by atoms with van der Waals surface area (Å²) in [5.74, 6) is 0. The first kappa shape index (κ1) is 317. The van der Waals surface area contributed by atoms with Gasteiger partial charge in [-0.15, -0.1) is 0 Å². The minimum absolute atomic E-state index is 0. The van der Waals surface area contributed by atoms with Gasteiger partial charge >= 0.3 is 157 Å². The standard InChI is InChI=1S/12Au.23K.9Sn/q;;;;;7*+1;;;;;;;;;;;;;;;;;;;;;;;;;;;;;;;;. The van der Waals surface area contributed by atoms with Gasteiger partial charge in [0.05, 0.1) is 0 Å². The maximum atomic E-state index is 0. The molecule has 44 heavy (non-hydrogen) atoms. The molecule has 0 heterocycles. The Hall–Kier alpha value is 53.7. The summed E-state index contributed by atoms with van der Waals surface area (Å²) in [5.41, 5.74) is 0. The quantitative estimate of drug-likeness (QED) is 0.212. The first-order chi connectivity index (χ1) is 0. The van der Waals surface area contributed by atoms with Crippen molar-refractivity contribution in [2.75, 3.05) is 0 Å². The molecule has 0 aromatic carbocycles. The molecule has 0 aliphatic heterocycles. The molecule has 44 heteroatoms. The molecule has 0 spiro atoms. The molecule has 0 unspecified atom stereocenters. The van der Waals surface area contributed by atoms with Crippen molar-refractivity contribution in [1.82, 2.24) is 0 Å². The van der Waals surface area contributed by atoms with Crippen molar-refractivity contribution in [1.29, 1.82) is 0 Å². The largest absolute Gasteiger partial charge is 1.00 e. The van der Waals surface area contributed by atoms with E-state index in [1.807, 2.05) is 0 Å². The molecule has 0 saturated carbocycles. The number of hydrogen-bond donors (Lipinski definition) is 0. The van der Waals surface area contributed by atoms with E-state index >= 15 is 0 Å². The molecule has 0 aromatic rings. The van der Waals surface area contributed by atoms with E-state index in [0.29, 0.717) is 0 Å². The molecule has 0 fully saturated rings. The number of rotatable bonds is 0. The molecule has 0 aliphatic rings. The van der Waals surface area contributed by atoms with Crippen molar-refractivity contribution in [2.45, 2.75) is 0 Å². The zero-order valence-electron chi connectivity index (χ0n) is 31.1. The van der Waals surface area contributed by atoms with Crippen LogP contribution >= 0.6 is 0 Å². The van der Waals surface area contributed by atoms with E-state index in [1.54, 1.807) is 0 Å². The number of hydrogen-bond acceptors (Lipinski definition) is 0. The Kier molecular flexibility index (Phi) is 2210. The second-order valence-corrected chi connectivity index (χ2v) is 0. The Balaban J connectivity index is 0. The molecule has 0 rings (SSSR count). The van der Waals surface area contributed by atoms with Crippen LogP contribution in [-0.4, -0.2) is 1400 Å². The maximum absolute atomic E-state index is 0. The van der Waals surface area contributed by atoms with Crippen molar-refractivity contribution < 1.29 is 269 Å². The predicted octanol–water partition coefficient (Wildman–Crippen LogP) is -12.2. The van der Waals surface area contributed by atoms with E-state index in [4.69, 9.17) is 0 Å². The van der Waals surface area contributed by atoms with Crippen LogP contribution in [0.4, 0.5) is 0 Å². The molecule has 184 valence electrons. The molecular weight excluding hydrogens is 4330 g/mol. The third kappa shape index (κ3) is 298. The van der Waals surface area contributed by atoms with Gasteiger partial charge in [-0.1, -0.05) is 0 Å². The fraction of sp³-hybridized carbons (Fsp3) is 0. The normalized spacial score (nSPS) is 0. The van der Waals surface area contributed by atoms with Crippen molar-refractivity contribution in [2.24, 2.45) is 0 Å². The van der Waals surface area contributed by atoms with Crippen LogP contribution in [0.15, 0.2) is 0 Å². The third-order valence-corrected chi connectivity index (χ3v) is 0. The monoisotopic (exact) mass is 4340 g/mol. The van der Waals surface area contributed by atoms with Gasteiger partial charge in [0.15, 0.2) is 0 Å². The summed E-state index contributed by atoms with van der Waals surface area (Å²) in [5, 5.41) is 0. The molecule has 64 radical (unpaired) electrons. The molecule has 0 saturated heterocycles. The van der Waals surface area contributed by atoms with E-state index in [-0.39, 0.29) is 1670 Å². The fourth-order valence-corrected chi connectivity index (χ4v) is 0. The van der Waals surface area contributed by atoms with Gasteiger partial charge in [0.2, 0.25) is 0 Å². The topological polar surface area (TPSA) is 0 Å². The summed E-state index contributed by atoms with van der Waals surface area (Å²) in [4.78, 5) is 0. The van der Waals surface area contributed by atoms with Gasteiger partial charge in [-0.25, -0.2) is 0 Å². The third-order valence-electron chi connectivity index (χ3n) is 0. The molecule has 0 bridgehead atoms. The van der Waals surface area contributed by atoms with Crippen molar-refractivity contribution in [3.05, 3.63) is 0 Å². The van der Waals surface area contributed by atoms with Crippen LogP contribution < -0.4 is 0 Å². The van der Waals surface area contributed by atoms with Gasteiger partial charge in [-0.2, -0.15) is 0 Å². The zero-order chi connectivity index (χ0) is 0. The van der Waals surface area contributed by atoms with Gasteiger partial charge in [-0.3, -0.25) is 0 Å². The molecule has 0 nitrogen and oxygen atoms in total. The summed E-state index contributed by atoms with van der Waals surface area (Å²) in [6.07, 6.45) is 0. The smallest absolute Gasteiger partial charge is 0 e. The van der Waals surface area contributed by atoms with Gasteiger partial charge in [0.25, 0.3) is 0 Å². The van der Waals surface area contributed by atoms with Crippen LogP contribution in [0, 0.1) is 0 Å². The van der Waals surface area contributed by atoms with E-state index in [2.05, 4.69) is 0 Å². The van der Waals surface area contributed by atoms with Crippen molar-refractivity contribution in [3.8, 4) is 0 Å². The van der Waals surface area contributed by atoms with Crippen LogP contribution in [0.1, 0.15) is 0 Å². The summed E-state index contributed by atoms with van der Waals surface area (Å²) in [6.45, 7) is 0. The maximum Gasteiger partial charge on any atom is 1.00 e. The van der Waals surface area contributed by atoms with Crippen LogP contribution in [-0.2, 0) is 269 Å². The average molecular weight is 4330 g/mol. The summed E-state index contributed by atoms with van der Waals surface area (Å²) in [7, 11) is 0. The zero-order valence-corrected chi connectivity index (χ0v) is 155. The summed E-state index contributed by atoms with van der Waals surface area (Å²) < 4.78 is 0. The Labute approximate surface area is 1590 Å². The minimum atomic E-state index is 0. The van der Waals surface area contributed by atoms with Crippen LogP contribution in [0.25, 0.3) is 0 Å². The van der Waals surface area contributed by atoms with Crippen molar-refractivity contribution in [3.63, 3.8) is 0 Å². The average Bonchev–Trinajstić information content (AvgIpc) is 0. The van der Waals surface area contributed by atoms with E-state index in [9.17, 15) is 0 Å². The van der Waals surface area contributed by atoms with Gasteiger partial charge in [-0.05, 0) is 0 Å².